The molecule has 6 heteroatoms. The predicted octanol–water partition coefficient (Wildman–Crippen LogP) is 1.87. The van der Waals surface area contributed by atoms with Crippen molar-refractivity contribution in [3.05, 3.63) is 29.6 Å². The molecule has 1 aromatic rings. The van der Waals surface area contributed by atoms with Crippen molar-refractivity contribution in [1.29, 1.82) is 0 Å². The van der Waals surface area contributed by atoms with E-state index in [-0.39, 0.29) is 5.69 Å². The van der Waals surface area contributed by atoms with Crippen LogP contribution in [-0.4, -0.2) is 26.8 Å². The summed E-state index contributed by atoms with van der Waals surface area (Å²) in [5.74, 6) is -0.531. The quantitative estimate of drug-likeness (QED) is 0.832. The van der Waals surface area contributed by atoms with Gasteiger partial charge in [0.1, 0.15) is 5.82 Å². The molecule has 0 spiro atoms. The minimum atomic E-state index is -3.58. The zero-order chi connectivity index (χ0) is 13.8. The van der Waals surface area contributed by atoms with Gasteiger partial charge in [-0.25, -0.2) is 12.8 Å². The second-order valence-electron chi connectivity index (χ2n) is 4.20. The molecule has 0 saturated heterocycles. The number of nitrogens with one attached hydrogen (secondary N) is 2. The van der Waals surface area contributed by atoms with Gasteiger partial charge in [0.25, 0.3) is 0 Å². The van der Waals surface area contributed by atoms with Gasteiger partial charge >= 0.3 is 0 Å². The zero-order valence-corrected chi connectivity index (χ0v) is 11.6. The number of hydrogen-bond donors (Lipinski definition) is 2. The Balaban J connectivity index is 2.85. The lowest BCUT2D eigenvalue weighted by molar-refractivity contribution is 0.577. The highest BCUT2D eigenvalue weighted by Gasteiger charge is 2.21. The fraction of sp³-hybridized carbons (Fsp3) is 0.500. The van der Waals surface area contributed by atoms with Gasteiger partial charge in [-0.1, -0.05) is 19.1 Å². The first-order valence-electron chi connectivity index (χ1n) is 5.86. The molecular formula is C12H19FN2O2S. The Morgan fingerprint density at radius 1 is 1.39 bits per heavy atom. The molecule has 1 atom stereocenters. The standard InChI is InChI=1S/C12H19FN2O2S/c1-4-14-8-10(3)18(16,17)15-11-7-5-6-9(2)12(11)13/h5-7,10,14-15H,4,8H2,1-3H3. The van der Waals surface area contributed by atoms with E-state index in [1.807, 2.05) is 6.92 Å². The number of hydrogen-bond acceptors (Lipinski definition) is 3. The van der Waals surface area contributed by atoms with Crippen molar-refractivity contribution in [3.8, 4) is 0 Å². The number of benzene rings is 1. The van der Waals surface area contributed by atoms with Crippen molar-refractivity contribution in [2.45, 2.75) is 26.0 Å². The lowest BCUT2D eigenvalue weighted by Crippen LogP contribution is -2.34. The van der Waals surface area contributed by atoms with E-state index in [1.54, 1.807) is 26.0 Å². The molecule has 1 rings (SSSR count). The van der Waals surface area contributed by atoms with Crippen LogP contribution in [0.2, 0.25) is 0 Å². The summed E-state index contributed by atoms with van der Waals surface area (Å²) in [4.78, 5) is 0. The molecule has 0 heterocycles. The first-order chi connectivity index (χ1) is 8.38. The van der Waals surface area contributed by atoms with E-state index in [0.29, 0.717) is 18.7 Å². The highest BCUT2D eigenvalue weighted by atomic mass is 32.2. The minimum Gasteiger partial charge on any atom is -0.316 e. The van der Waals surface area contributed by atoms with Gasteiger partial charge in [0.2, 0.25) is 10.0 Å². The number of rotatable bonds is 6. The van der Waals surface area contributed by atoms with E-state index in [0.717, 1.165) is 0 Å². The van der Waals surface area contributed by atoms with Crippen molar-refractivity contribution in [2.24, 2.45) is 0 Å². The average molecular weight is 274 g/mol. The Labute approximate surface area is 108 Å². The van der Waals surface area contributed by atoms with Crippen molar-refractivity contribution < 1.29 is 12.8 Å². The molecule has 2 N–H and O–H groups in total. The number of sulfonamides is 1. The van der Waals surface area contributed by atoms with Gasteiger partial charge in [0.05, 0.1) is 10.9 Å². The van der Waals surface area contributed by atoms with Crippen LogP contribution in [0.15, 0.2) is 18.2 Å². The van der Waals surface area contributed by atoms with Crippen molar-refractivity contribution in [2.75, 3.05) is 17.8 Å². The second-order valence-corrected chi connectivity index (χ2v) is 6.30. The molecule has 0 bridgehead atoms. The van der Waals surface area contributed by atoms with Crippen molar-refractivity contribution >= 4 is 15.7 Å². The van der Waals surface area contributed by atoms with E-state index in [9.17, 15) is 12.8 Å². The van der Waals surface area contributed by atoms with Crippen LogP contribution in [0.5, 0.6) is 0 Å². The summed E-state index contributed by atoms with van der Waals surface area (Å²) in [7, 11) is -3.58. The molecule has 0 aliphatic heterocycles. The summed E-state index contributed by atoms with van der Waals surface area (Å²) in [5.41, 5.74) is 0.410. The average Bonchev–Trinajstić information content (AvgIpc) is 2.31. The van der Waals surface area contributed by atoms with Crippen molar-refractivity contribution in [3.63, 3.8) is 0 Å². The van der Waals surface area contributed by atoms with E-state index >= 15 is 0 Å². The molecular weight excluding hydrogens is 255 g/mol. The van der Waals surface area contributed by atoms with Gasteiger partial charge < -0.3 is 5.32 Å². The van der Waals surface area contributed by atoms with Crippen LogP contribution in [0.1, 0.15) is 19.4 Å². The normalized spacial score (nSPS) is 13.3. The molecule has 0 radical (unpaired) electrons. The third-order valence-electron chi connectivity index (χ3n) is 2.66. The lowest BCUT2D eigenvalue weighted by Gasteiger charge is -2.15. The lowest BCUT2D eigenvalue weighted by atomic mass is 10.2. The molecule has 0 saturated carbocycles. The monoisotopic (exact) mass is 274 g/mol. The van der Waals surface area contributed by atoms with Gasteiger partial charge in [-0.05, 0) is 32.0 Å². The highest BCUT2D eigenvalue weighted by molar-refractivity contribution is 7.93. The van der Waals surface area contributed by atoms with Gasteiger partial charge in [0, 0.05) is 6.54 Å². The Morgan fingerprint density at radius 2 is 2.06 bits per heavy atom. The van der Waals surface area contributed by atoms with Crippen LogP contribution in [0.4, 0.5) is 10.1 Å². The minimum absolute atomic E-state index is 0.00153. The van der Waals surface area contributed by atoms with Crippen LogP contribution in [0, 0.1) is 12.7 Å². The summed E-state index contributed by atoms with van der Waals surface area (Å²) in [6.45, 7) is 6.10. The van der Waals surface area contributed by atoms with Crippen LogP contribution in [-0.2, 0) is 10.0 Å². The maximum absolute atomic E-state index is 13.7. The van der Waals surface area contributed by atoms with Gasteiger partial charge in [-0.15, -0.1) is 0 Å². The largest absolute Gasteiger partial charge is 0.316 e. The van der Waals surface area contributed by atoms with E-state index in [1.165, 1.54) is 6.07 Å². The molecule has 1 unspecified atom stereocenters. The second kappa shape index (κ2) is 6.15. The molecule has 0 fully saturated rings. The Morgan fingerprint density at radius 3 is 2.67 bits per heavy atom. The Bertz CT molecular complexity index is 503. The maximum Gasteiger partial charge on any atom is 0.236 e. The first-order valence-corrected chi connectivity index (χ1v) is 7.40. The van der Waals surface area contributed by atoms with Gasteiger partial charge in [-0.3, -0.25) is 4.72 Å². The highest BCUT2D eigenvalue weighted by Crippen LogP contribution is 2.19. The summed E-state index contributed by atoms with van der Waals surface area (Å²) in [6.07, 6.45) is 0. The predicted molar refractivity (Wildman–Crippen MR) is 71.7 cm³/mol. The van der Waals surface area contributed by atoms with Gasteiger partial charge in [-0.2, -0.15) is 0 Å². The molecule has 0 amide bonds. The summed E-state index contributed by atoms with van der Waals surface area (Å²) in [6, 6.07) is 4.63. The molecule has 0 aromatic heterocycles. The zero-order valence-electron chi connectivity index (χ0n) is 10.8. The van der Waals surface area contributed by atoms with Crippen LogP contribution < -0.4 is 10.0 Å². The van der Waals surface area contributed by atoms with Crippen LogP contribution in [0.25, 0.3) is 0 Å². The van der Waals surface area contributed by atoms with Crippen LogP contribution >= 0.6 is 0 Å². The third-order valence-corrected chi connectivity index (χ3v) is 4.39. The Hall–Kier alpha value is -1.14. The number of anilines is 1. The number of halogens is 1. The maximum atomic E-state index is 13.7. The van der Waals surface area contributed by atoms with E-state index in [4.69, 9.17) is 0 Å². The summed E-state index contributed by atoms with van der Waals surface area (Å²) in [5, 5.41) is 2.33. The number of aryl methyl sites for hydroxylation is 1. The Kier molecular flexibility index (Phi) is 5.10. The van der Waals surface area contributed by atoms with Gasteiger partial charge in [0.15, 0.2) is 0 Å². The first kappa shape index (κ1) is 14.9. The van der Waals surface area contributed by atoms with E-state index < -0.39 is 21.1 Å². The topological polar surface area (TPSA) is 58.2 Å². The molecule has 102 valence electrons. The molecule has 0 aliphatic carbocycles. The molecule has 18 heavy (non-hydrogen) atoms. The van der Waals surface area contributed by atoms with Crippen LogP contribution in [0.3, 0.4) is 0 Å². The molecule has 0 aliphatic rings. The molecule has 4 nitrogen and oxygen atoms in total. The van der Waals surface area contributed by atoms with Crippen molar-refractivity contribution in [1.82, 2.24) is 5.32 Å². The molecule has 1 aromatic carbocycles. The summed E-state index contributed by atoms with van der Waals surface area (Å²) < 4.78 is 39.9. The SMILES string of the molecule is CCNCC(C)S(=O)(=O)Nc1cccc(C)c1F. The smallest absolute Gasteiger partial charge is 0.236 e. The third kappa shape index (κ3) is 3.68. The van der Waals surface area contributed by atoms with E-state index in [2.05, 4.69) is 10.0 Å². The summed E-state index contributed by atoms with van der Waals surface area (Å²) >= 11 is 0. The fourth-order valence-electron chi connectivity index (χ4n) is 1.44. The fourth-order valence-corrected chi connectivity index (χ4v) is 2.44.